The molecule has 188 valence electrons. The number of aromatic nitrogens is 3. The van der Waals surface area contributed by atoms with Crippen LogP contribution in [0.2, 0.25) is 5.02 Å². The highest BCUT2D eigenvalue weighted by Crippen LogP contribution is 2.24. The summed E-state index contributed by atoms with van der Waals surface area (Å²) in [5, 5.41) is 3.76. The van der Waals surface area contributed by atoms with E-state index in [0.717, 1.165) is 5.56 Å². The Morgan fingerprint density at radius 3 is 2.43 bits per heavy atom. The summed E-state index contributed by atoms with van der Waals surface area (Å²) in [5.41, 5.74) is 6.93. The summed E-state index contributed by atoms with van der Waals surface area (Å²) in [6.07, 6.45) is 3.25. The first kappa shape index (κ1) is 25.6. The molecule has 37 heavy (non-hydrogen) atoms. The molecule has 0 aliphatic carbocycles. The molecule has 0 atom stereocenters. The molecule has 0 aliphatic heterocycles. The fraction of sp³-hybridized carbons (Fsp3) is 0.148. The normalized spacial score (nSPS) is 10.6. The van der Waals surface area contributed by atoms with Crippen LogP contribution < -0.4 is 21.3 Å². The Balaban J connectivity index is 1.58. The van der Waals surface area contributed by atoms with Crippen LogP contribution in [-0.2, 0) is 17.8 Å². The van der Waals surface area contributed by atoms with E-state index in [9.17, 15) is 14.4 Å². The molecule has 2 heterocycles. The largest absolute Gasteiger partial charge is 0.457 e. The van der Waals surface area contributed by atoms with Crippen LogP contribution in [0.3, 0.4) is 0 Å². The zero-order valence-electron chi connectivity index (χ0n) is 20.0. The van der Waals surface area contributed by atoms with E-state index in [1.165, 1.54) is 23.0 Å². The molecule has 1 amide bonds. The standard InChI is InChI=1S/C27H24ClN5O4/c1-2-21(34)13-18-15-31-27(33(26(18)36)16-17-3-5-19(28)6-4-17)32-20-7-9-22(10-8-20)37-23-11-12-30-24(14-23)25(29)35/h3-12,14-15H,2,13,16H2,1H3,(H2,29,35)(H,31,32). The summed E-state index contributed by atoms with van der Waals surface area (Å²) in [5.74, 6) is 0.575. The molecule has 0 saturated heterocycles. The minimum Gasteiger partial charge on any atom is -0.457 e. The number of benzene rings is 2. The first-order chi connectivity index (χ1) is 17.8. The average Bonchev–Trinajstić information content (AvgIpc) is 2.90. The Hall–Kier alpha value is -4.50. The molecule has 2 aromatic carbocycles. The van der Waals surface area contributed by atoms with Crippen molar-refractivity contribution in [2.24, 2.45) is 5.73 Å². The van der Waals surface area contributed by atoms with Crippen LogP contribution in [0, 0.1) is 0 Å². The van der Waals surface area contributed by atoms with Crippen molar-refractivity contribution in [2.45, 2.75) is 26.3 Å². The molecule has 4 rings (SSSR count). The van der Waals surface area contributed by atoms with Crippen LogP contribution in [0.4, 0.5) is 11.6 Å². The Bertz CT molecular complexity index is 1480. The highest BCUT2D eigenvalue weighted by molar-refractivity contribution is 6.30. The molecule has 0 unspecified atom stereocenters. The number of nitrogens with one attached hydrogen (secondary N) is 1. The molecule has 4 aromatic rings. The maximum atomic E-state index is 13.3. The number of nitrogens with two attached hydrogens (primary N) is 1. The number of amides is 1. The SMILES string of the molecule is CCC(=O)Cc1cnc(Nc2ccc(Oc3ccnc(C(N)=O)c3)cc2)n(Cc2ccc(Cl)cc2)c1=O. The van der Waals surface area contributed by atoms with Crippen molar-refractivity contribution < 1.29 is 14.3 Å². The fourth-order valence-corrected chi connectivity index (χ4v) is 3.62. The van der Waals surface area contributed by atoms with Crippen molar-refractivity contribution in [3.05, 3.63) is 105 Å². The molecule has 0 aliphatic rings. The van der Waals surface area contributed by atoms with Gasteiger partial charge < -0.3 is 15.8 Å². The van der Waals surface area contributed by atoms with Crippen molar-refractivity contribution in [1.29, 1.82) is 0 Å². The molecule has 9 nitrogen and oxygen atoms in total. The maximum absolute atomic E-state index is 13.3. The zero-order chi connectivity index (χ0) is 26.4. The van der Waals surface area contributed by atoms with Gasteiger partial charge in [-0.05, 0) is 48.0 Å². The second-order valence-electron chi connectivity index (χ2n) is 8.19. The first-order valence-electron chi connectivity index (χ1n) is 11.5. The Labute approximate surface area is 217 Å². The second kappa shape index (κ2) is 11.5. The van der Waals surface area contributed by atoms with Crippen molar-refractivity contribution in [2.75, 3.05) is 5.32 Å². The van der Waals surface area contributed by atoms with Gasteiger partial charge in [0.2, 0.25) is 5.95 Å². The third kappa shape index (κ3) is 6.59. The maximum Gasteiger partial charge on any atom is 0.267 e. The van der Waals surface area contributed by atoms with Gasteiger partial charge in [0.05, 0.1) is 6.54 Å². The van der Waals surface area contributed by atoms with Crippen LogP contribution >= 0.6 is 11.6 Å². The predicted octanol–water partition coefficient (Wildman–Crippen LogP) is 4.50. The Kier molecular flexibility index (Phi) is 7.95. The molecule has 0 bridgehead atoms. The van der Waals surface area contributed by atoms with Crippen LogP contribution in [-0.4, -0.2) is 26.2 Å². The van der Waals surface area contributed by atoms with Gasteiger partial charge in [0.1, 0.15) is 23.0 Å². The smallest absolute Gasteiger partial charge is 0.267 e. The summed E-state index contributed by atoms with van der Waals surface area (Å²) in [6.45, 7) is 2.00. The van der Waals surface area contributed by atoms with Crippen LogP contribution in [0.5, 0.6) is 11.5 Å². The molecular weight excluding hydrogens is 494 g/mol. The Morgan fingerprint density at radius 2 is 1.76 bits per heavy atom. The number of anilines is 2. The highest BCUT2D eigenvalue weighted by atomic mass is 35.5. The van der Waals surface area contributed by atoms with E-state index in [1.54, 1.807) is 49.4 Å². The average molecular weight is 518 g/mol. The number of hydrogen-bond acceptors (Lipinski definition) is 7. The lowest BCUT2D eigenvalue weighted by molar-refractivity contribution is -0.118. The molecular formula is C27H24ClN5O4. The number of ether oxygens (including phenoxy) is 1. The summed E-state index contributed by atoms with van der Waals surface area (Å²) >= 11 is 6.00. The molecule has 3 N–H and O–H groups in total. The summed E-state index contributed by atoms with van der Waals surface area (Å²) < 4.78 is 7.27. The van der Waals surface area contributed by atoms with E-state index in [0.29, 0.717) is 40.1 Å². The molecule has 2 aromatic heterocycles. The van der Waals surface area contributed by atoms with Gasteiger partial charge in [-0.15, -0.1) is 0 Å². The number of primary amides is 1. The number of carbonyl (C=O) groups excluding carboxylic acids is 2. The number of rotatable bonds is 10. The van der Waals surface area contributed by atoms with Gasteiger partial charge in [-0.25, -0.2) is 4.98 Å². The van der Waals surface area contributed by atoms with E-state index < -0.39 is 5.91 Å². The lowest BCUT2D eigenvalue weighted by Gasteiger charge is -2.15. The van der Waals surface area contributed by atoms with Gasteiger partial charge in [-0.2, -0.15) is 0 Å². The number of ketones is 1. The number of nitrogens with zero attached hydrogens (tertiary/aromatic N) is 3. The van der Waals surface area contributed by atoms with E-state index in [-0.39, 0.29) is 30.0 Å². The molecule has 0 radical (unpaired) electrons. The van der Waals surface area contributed by atoms with E-state index in [1.807, 2.05) is 12.1 Å². The third-order valence-electron chi connectivity index (χ3n) is 5.48. The minimum atomic E-state index is -0.646. The summed E-state index contributed by atoms with van der Waals surface area (Å²) in [4.78, 5) is 44.9. The summed E-state index contributed by atoms with van der Waals surface area (Å²) in [6, 6.07) is 17.2. The van der Waals surface area contributed by atoms with Crippen LogP contribution in [0.15, 0.2) is 77.9 Å². The van der Waals surface area contributed by atoms with Crippen molar-refractivity contribution in [1.82, 2.24) is 14.5 Å². The number of pyridine rings is 1. The van der Waals surface area contributed by atoms with Crippen LogP contribution in [0.25, 0.3) is 0 Å². The van der Waals surface area contributed by atoms with E-state index >= 15 is 0 Å². The topological polar surface area (TPSA) is 129 Å². The number of Topliss-reactive ketones (excluding diaryl/α,β-unsaturated/α-hetero) is 1. The predicted molar refractivity (Wildman–Crippen MR) is 141 cm³/mol. The van der Waals surface area contributed by atoms with Gasteiger partial charge in [0.25, 0.3) is 11.5 Å². The molecule has 0 saturated carbocycles. The van der Waals surface area contributed by atoms with Gasteiger partial charge in [-0.3, -0.25) is 23.9 Å². The van der Waals surface area contributed by atoms with Crippen molar-refractivity contribution in [3.8, 4) is 11.5 Å². The molecule has 10 heteroatoms. The summed E-state index contributed by atoms with van der Waals surface area (Å²) in [7, 11) is 0. The van der Waals surface area contributed by atoms with Crippen molar-refractivity contribution >= 4 is 34.9 Å². The number of carbonyl (C=O) groups is 2. The first-order valence-corrected chi connectivity index (χ1v) is 11.9. The van der Waals surface area contributed by atoms with Crippen molar-refractivity contribution in [3.63, 3.8) is 0 Å². The highest BCUT2D eigenvalue weighted by Gasteiger charge is 2.14. The second-order valence-corrected chi connectivity index (χ2v) is 8.62. The fourth-order valence-electron chi connectivity index (χ4n) is 3.49. The Morgan fingerprint density at radius 1 is 1.03 bits per heavy atom. The lowest BCUT2D eigenvalue weighted by Crippen LogP contribution is -2.28. The van der Waals surface area contributed by atoms with E-state index in [4.69, 9.17) is 22.1 Å². The van der Waals surface area contributed by atoms with Gasteiger partial charge in [-0.1, -0.05) is 30.7 Å². The van der Waals surface area contributed by atoms with Crippen LogP contribution in [0.1, 0.15) is 35.0 Å². The minimum absolute atomic E-state index is 0.0295. The van der Waals surface area contributed by atoms with Gasteiger partial charge in [0, 0.05) is 47.6 Å². The lowest BCUT2D eigenvalue weighted by atomic mass is 10.1. The quantitative estimate of drug-likeness (QED) is 0.317. The van der Waals surface area contributed by atoms with E-state index in [2.05, 4.69) is 15.3 Å². The molecule has 0 spiro atoms. The number of hydrogen-bond donors (Lipinski definition) is 2. The number of halogens is 1. The third-order valence-corrected chi connectivity index (χ3v) is 5.74. The molecule has 0 fully saturated rings. The van der Waals surface area contributed by atoms with Gasteiger partial charge >= 0.3 is 0 Å². The van der Waals surface area contributed by atoms with Gasteiger partial charge in [0.15, 0.2) is 0 Å². The monoisotopic (exact) mass is 517 g/mol. The zero-order valence-corrected chi connectivity index (χ0v) is 20.7.